The predicted molar refractivity (Wildman–Crippen MR) is 186 cm³/mol. The van der Waals surface area contributed by atoms with Crippen LogP contribution in [0.3, 0.4) is 0 Å². The van der Waals surface area contributed by atoms with Gasteiger partial charge in [0.25, 0.3) is 5.91 Å². The molecule has 1 aromatic heterocycles. The minimum absolute atomic E-state index is 0.0533. The summed E-state index contributed by atoms with van der Waals surface area (Å²) in [5, 5.41) is 14.4. The highest BCUT2D eigenvalue weighted by Gasteiger charge is 2.23. The van der Waals surface area contributed by atoms with Gasteiger partial charge in [-0.1, -0.05) is 82.0 Å². The van der Waals surface area contributed by atoms with Crippen LogP contribution >= 0.6 is 0 Å². The first kappa shape index (κ1) is 36.2. The summed E-state index contributed by atoms with van der Waals surface area (Å²) in [6, 6.07) is 14.2. The first-order valence-electron chi connectivity index (χ1n) is 15.5. The van der Waals surface area contributed by atoms with Gasteiger partial charge < -0.3 is 20.5 Å². The fraction of sp³-hybridized carbons (Fsp3) is 0.289. The van der Waals surface area contributed by atoms with E-state index in [2.05, 4.69) is 33.8 Å². The molecule has 0 aliphatic carbocycles. The van der Waals surface area contributed by atoms with Crippen molar-refractivity contribution in [3.63, 3.8) is 0 Å². The predicted octanol–water partition coefficient (Wildman–Crippen LogP) is 6.49. The van der Waals surface area contributed by atoms with E-state index in [1.54, 1.807) is 37.5 Å². The molecule has 0 saturated carbocycles. The highest BCUT2D eigenvalue weighted by molar-refractivity contribution is 5.99. The van der Waals surface area contributed by atoms with Gasteiger partial charge in [-0.25, -0.2) is 9.97 Å². The van der Waals surface area contributed by atoms with Crippen LogP contribution in [-0.4, -0.2) is 52.1 Å². The Balaban J connectivity index is 1.72. The maximum atomic E-state index is 13.2. The third kappa shape index (κ3) is 11.5. The Bertz CT molecular complexity index is 1600. The van der Waals surface area contributed by atoms with Crippen molar-refractivity contribution in [2.75, 3.05) is 13.2 Å². The van der Waals surface area contributed by atoms with Gasteiger partial charge in [0.05, 0.1) is 13.0 Å². The fourth-order valence-electron chi connectivity index (χ4n) is 4.27. The molecule has 0 bridgehead atoms. The number of carboxylic acids is 1. The number of hydrogen-bond acceptors (Lipinski definition) is 6. The number of nitrogens with one attached hydrogen (secondary N) is 2. The minimum atomic E-state index is -1.03. The topological polar surface area (TPSA) is 131 Å². The number of ether oxygens (including phenoxy) is 1. The number of carbonyl (C=O) groups is 3. The lowest BCUT2D eigenvalue weighted by atomic mass is 9.87. The molecule has 0 fully saturated rings. The van der Waals surface area contributed by atoms with Crippen LogP contribution in [0.15, 0.2) is 110 Å². The van der Waals surface area contributed by atoms with E-state index in [0.29, 0.717) is 18.0 Å². The molecule has 0 spiro atoms. The quantitative estimate of drug-likeness (QED) is 0.0709. The molecule has 9 nitrogen and oxygen atoms in total. The monoisotopic (exact) mass is 636 g/mol. The van der Waals surface area contributed by atoms with Crippen molar-refractivity contribution >= 4 is 17.8 Å². The first-order valence-corrected chi connectivity index (χ1v) is 15.5. The molecule has 2 aromatic carbocycles. The Hall–Kier alpha value is -5.31. The normalized spacial score (nSPS) is 12.3. The summed E-state index contributed by atoms with van der Waals surface area (Å²) in [4.78, 5) is 46.4. The summed E-state index contributed by atoms with van der Waals surface area (Å²) in [6.45, 7) is 16.1. The van der Waals surface area contributed by atoms with E-state index in [4.69, 9.17) is 9.84 Å². The van der Waals surface area contributed by atoms with Crippen molar-refractivity contribution in [1.29, 1.82) is 0 Å². The fourth-order valence-corrected chi connectivity index (χ4v) is 4.27. The van der Waals surface area contributed by atoms with Crippen LogP contribution in [0.5, 0.6) is 5.75 Å². The van der Waals surface area contributed by atoms with Crippen molar-refractivity contribution in [1.82, 2.24) is 20.6 Å². The molecule has 3 rings (SSSR count). The van der Waals surface area contributed by atoms with Crippen LogP contribution in [-0.2, 0) is 20.8 Å². The molecule has 47 heavy (non-hydrogen) atoms. The molecule has 1 atom stereocenters. The summed E-state index contributed by atoms with van der Waals surface area (Å²) >= 11 is 0. The molecule has 246 valence electrons. The van der Waals surface area contributed by atoms with Crippen molar-refractivity contribution in [3.05, 3.63) is 115 Å². The molecule has 0 saturated heterocycles. The molecule has 9 heteroatoms. The maximum Gasteiger partial charge on any atom is 0.305 e. The Kier molecular flexibility index (Phi) is 13.4. The minimum Gasteiger partial charge on any atom is -0.493 e. The van der Waals surface area contributed by atoms with Crippen LogP contribution in [0.2, 0.25) is 0 Å². The van der Waals surface area contributed by atoms with Crippen molar-refractivity contribution in [2.45, 2.75) is 53.0 Å². The number of hydrogen-bond donors (Lipinski definition) is 3. The number of allylic oxidation sites excluding steroid dienone is 3. The van der Waals surface area contributed by atoms with Gasteiger partial charge in [0.15, 0.2) is 5.82 Å². The second-order valence-corrected chi connectivity index (χ2v) is 12.0. The van der Waals surface area contributed by atoms with E-state index in [-0.39, 0.29) is 24.8 Å². The summed E-state index contributed by atoms with van der Waals surface area (Å²) in [7, 11) is 0. The molecule has 3 N–H and O–H groups in total. The molecule has 0 aliphatic rings. The third-order valence-electron chi connectivity index (χ3n) is 7.34. The van der Waals surface area contributed by atoms with E-state index < -0.39 is 23.8 Å². The zero-order chi connectivity index (χ0) is 34.4. The molecule has 0 aliphatic heterocycles. The van der Waals surface area contributed by atoms with Gasteiger partial charge >= 0.3 is 5.97 Å². The zero-order valence-electron chi connectivity index (χ0n) is 27.6. The average molecular weight is 637 g/mol. The number of rotatable bonds is 16. The van der Waals surface area contributed by atoms with E-state index in [9.17, 15) is 14.4 Å². The number of aromatic nitrogens is 2. The maximum absolute atomic E-state index is 13.2. The lowest BCUT2D eigenvalue weighted by Crippen LogP contribution is -2.48. The van der Waals surface area contributed by atoms with E-state index in [1.165, 1.54) is 0 Å². The van der Waals surface area contributed by atoms with Crippen LogP contribution < -0.4 is 15.4 Å². The van der Waals surface area contributed by atoms with Crippen LogP contribution in [0.25, 0.3) is 22.5 Å². The second-order valence-electron chi connectivity index (χ2n) is 12.0. The number of aliphatic carboxylic acids is 1. The van der Waals surface area contributed by atoms with Gasteiger partial charge in [-0.05, 0) is 53.7 Å². The van der Waals surface area contributed by atoms with Gasteiger partial charge in [0.1, 0.15) is 11.8 Å². The molecule has 0 radical (unpaired) electrons. The Morgan fingerprint density at radius 1 is 0.957 bits per heavy atom. The van der Waals surface area contributed by atoms with E-state index in [1.807, 2.05) is 75.4 Å². The van der Waals surface area contributed by atoms with Gasteiger partial charge in [-0.2, -0.15) is 0 Å². The van der Waals surface area contributed by atoms with Gasteiger partial charge in [-0.3, -0.25) is 14.4 Å². The lowest BCUT2D eigenvalue weighted by Gasteiger charge is -2.20. The average Bonchev–Trinajstić information content (AvgIpc) is 3.05. The van der Waals surface area contributed by atoms with Crippen molar-refractivity contribution < 1.29 is 24.2 Å². The van der Waals surface area contributed by atoms with Crippen molar-refractivity contribution in [3.8, 4) is 28.3 Å². The van der Waals surface area contributed by atoms with Gasteiger partial charge in [0.2, 0.25) is 5.91 Å². The highest BCUT2D eigenvalue weighted by Crippen LogP contribution is 2.25. The summed E-state index contributed by atoms with van der Waals surface area (Å²) < 4.78 is 5.67. The van der Waals surface area contributed by atoms with Crippen molar-refractivity contribution in [2.24, 2.45) is 5.41 Å². The molecule has 2 amide bonds. The molecular weight excluding hydrogens is 592 g/mol. The summed E-state index contributed by atoms with van der Waals surface area (Å²) in [6.07, 6.45) is 11.2. The standard InChI is InChI=1S/C38H44N4O5/c1-7-9-22-47-32-18-16-29(17-19-32)31-24-40-35(41-25-31)30-14-11-27(12-15-30)23-33(37(46)39-21-20-34(43)44)42-36(45)28(8-2)13-10-26(3)38(4,5)6/h7-8,10-19,24-25,33H,1,3,9,20-23H2,2,4-6H3,(H,39,46)(H,42,45)(H,43,44)/b13-10-,28-8+/t33-/m0/s1. The number of benzene rings is 2. The molecule has 0 unspecified atom stereocenters. The lowest BCUT2D eigenvalue weighted by molar-refractivity contribution is -0.137. The Labute approximate surface area is 277 Å². The smallest absolute Gasteiger partial charge is 0.305 e. The van der Waals surface area contributed by atoms with Gasteiger partial charge in [-0.15, -0.1) is 6.58 Å². The van der Waals surface area contributed by atoms with E-state index in [0.717, 1.165) is 40.0 Å². The van der Waals surface area contributed by atoms with E-state index >= 15 is 0 Å². The summed E-state index contributed by atoms with van der Waals surface area (Å²) in [5.41, 5.74) is 4.48. The number of nitrogens with zero attached hydrogens (tertiary/aromatic N) is 2. The number of carbonyl (C=O) groups excluding carboxylic acids is 2. The largest absolute Gasteiger partial charge is 0.493 e. The van der Waals surface area contributed by atoms with Crippen LogP contribution in [0.4, 0.5) is 0 Å². The zero-order valence-corrected chi connectivity index (χ0v) is 27.6. The molecule has 1 heterocycles. The highest BCUT2D eigenvalue weighted by atomic mass is 16.5. The van der Waals surface area contributed by atoms with Crippen LogP contribution in [0.1, 0.15) is 46.1 Å². The van der Waals surface area contributed by atoms with Crippen LogP contribution in [0, 0.1) is 5.41 Å². The molecular formula is C38H44N4O5. The second kappa shape index (κ2) is 17.4. The summed E-state index contributed by atoms with van der Waals surface area (Å²) in [5.74, 6) is -0.600. The third-order valence-corrected chi connectivity index (χ3v) is 7.34. The number of carboxylic acid groups (broad SMARTS) is 1. The van der Waals surface area contributed by atoms with Gasteiger partial charge in [0, 0.05) is 42.1 Å². The Morgan fingerprint density at radius 2 is 1.60 bits per heavy atom. The SMILES string of the molecule is C=CCCOc1ccc(-c2cnc(-c3ccc(C[C@H](NC(=O)C(/C=C\C(=C)C(C)(C)C)=C/C)C(=O)NCCC(=O)O)cc3)nc2)cc1. The first-order chi connectivity index (χ1) is 22.4. The number of amides is 2. The molecule has 3 aromatic rings. The Morgan fingerprint density at radius 3 is 2.17 bits per heavy atom.